The number of carbonyl (C=O) groups is 1. The Hall–Kier alpha value is -1.90. The van der Waals surface area contributed by atoms with Crippen molar-refractivity contribution in [3.8, 4) is 0 Å². The van der Waals surface area contributed by atoms with E-state index in [1.54, 1.807) is 26.0 Å². The van der Waals surface area contributed by atoms with Gasteiger partial charge in [0.05, 0.1) is 11.5 Å². The molecule has 0 aliphatic rings. The molecule has 1 heterocycles. The number of sulfone groups is 1. The van der Waals surface area contributed by atoms with Gasteiger partial charge in [0.25, 0.3) is 0 Å². The molecule has 0 fully saturated rings. The minimum absolute atomic E-state index is 0.0482. The average molecular weight is 401 g/mol. The number of ether oxygens (including phenoxy) is 1. The summed E-state index contributed by atoms with van der Waals surface area (Å²) in [6, 6.07) is 6.44. The second-order valence-electron chi connectivity index (χ2n) is 5.12. The summed E-state index contributed by atoms with van der Waals surface area (Å²) in [7, 11) is -3.82. The molecule has 9 heteroatoms. The van der Waals surface area contributed by atoms with Gasteiger partial charge in [0.2, 0.25) is 9.84 Å². The van der Waals surface area contributed by atoms with Crippen molar-refractivity contribution in [1.82, 2.24) is 4.98 Å². The van der Waals surface area contributed by atoms with Gasteiger partial charge >= 0.3 is 5.97 Å². The first kappa shape index (κ1) is 19.4. The van der Waals surface area contributed by atoms with Gasteiger partial charge < -0.3 is 10.1 Å². The fourth-order valence-electron chi connectivity index (χ4n) is 1.90. The third-order valence-corrected chi connectivity index (χ3v) is 6.18. The lowest BCUT2D eigenvalue weighted by Gasteiger charge is -2.03. The molecular formula is C16H17ClN2O4S2. The SMILES string of the molecule is CCOC(=O)/C=C(\C)Nc1nc(S(=O)(=O)c2ccc(C)cc2)c(Cl)s1. The third kappa shape index (κ3) is 4.81. The minimum atomic E-state index is -3.82. The topological polar surface area (TPSA) is 85.4 Å². The molecule has 0 spiro atoms. The van der Waals surface area contributed by atoms with E-state index in [0.717, 1.165) is 16.9 Å². The summed E-state index contributed by atoms with van der Waals surface area (Å²) in [5, 5.41) is 2.90. The van der Waals surface area contributed by atoms with Crippen LogP contribution in [0.5, 0.6) is 0 Å². The molecule has 0 unspecified atom stereocenters. The van der Waals surface area contributed by atoms with Gasteiger partial charge in [-0.05, 0) is 32.9 Å². The van der Waals surface area contributed by atoms with E-state index in [2.05, 4.69) is 10.3 Å². The van der Waals surface area contributed by atoms with Gasteiger partial charge in [0, 0.05) is 11.8 Å². The van der Waals surface area contributed by atoms with Crippen LogP contribution in [0.25, 0.3) is 0 Å². The maximum Gasteiger partial charge on any atom is 0.332 e. The largest absolute Gasteiger partial charge is 0.463 e. The fourth-order valence-corrected chi connectivity index (χ4v) is 4.77. The number of thiazole rings is 1. The number of aromatic nitrogens is 1. The van der Waals surface area contributed by atoms with Gasteiger partial charge in [0.1, 0.15) is 4.34 Å². The van der Waals surface area contributed by atoms with Crippen LogP contribution in [0.4, 0.5) is 5.13 Å². The number of hydrogen-bond donors (Lipinski definition) is 1. The molecule has 6 nitrogen and oxygen atoms in total. The van der Waals surface area contributed by atoms with E-state index >= 15 is 0 Å². The molecule has 2 rings (SSSR count). The third-order valence-electron chi connectivity index (χ3n) is 3.07. The number of hydrogen-bond acceptors (Lipinski definition) is 7. The number of benzene rings is 1. The Balaban J connectivity index is 2.28. The van der Waals surface area contributed by atoms with Crippen molar-refractivity contribution in [2.45, 2.75) is 30.7 Å². The molecule has 1 aromatic heterocycles. The zero-order valence-corrected chi connectivity index (χ0v) is 16.3. The smallest absolute Gasteiger partial charge is 0.332 e. The van der Waals surface area contributed by atoms with E-state index in [0.29, 0.717) is 5.70 Å². The maximum atomic E-state index is 12.7. The van der Waals surface area contributed by atoms with Crippen molar-refractivity contribution in [2.75, 3.05) is 11.9 Å². The molecule has 0 bridgehead atoms. The Kier molecular flexibility index (Phi) is 6.21. The van der Waals surface area contributed by atoms with Crippen molar-refractivity contribution in [2.24, 2.45) is 0 Å². The quantitative estimate of drug-likeness (QED) is 0.586. The Morgan fingerprint density at radius 1 is 1.36 bits per heavy atom. The van der Waals surface area contributed by atoms with Gasteiger partial charge in [-0.2, -0.15) is 0 Å². The first-order valence-corrected chi connectivity index (χ1v) is 10.0. The predicted octanol–water partition coefficient (Wildman–Crippen LogP) is 3.82. The molecule has 0 atom stereocenters. The van der Waals surface area contributed by atoms with Crippen LogP contribution in [-0.4, -0.2) is 26.0 Å². The monoisotopic (exact) mass is 400 g/mol. The number of esters is 1. The average Bonchev–Trinajstić information content (AvgIpc) is 2.88. The molecule has 0 radical (unpaired) electrons. The Labute approximate surface area is 155 Å². The van der Waals surface area contributed by atoms with Gasteiger partial charge in [-0.25, -0.2) is 18.2 Å². The van der Waals surface area contributed by atoms with E-state index in [-0.39, 0.29) is 26.0 Å². The lowest BCUT2D eigenvalue weighted by atomic mass is 10.2. The lowest BCUT2D eigenvalue weighted by Crippen LogP contribution is -2.05. The highest BCUT2D eigenvalue weighted by Crippen LogP contribution is 2.34. The van der Waals surface area contributed by atoms with Gasteiger partial charge in [0.15, 0.2) is 10.2 Å². The molecule has 0 aliphatic heterocycles. The van der Waals surface area contributed by atoms with Crippen LogP contribution in [0.3, 0.4) is 0 Å². The van der Waals surface area contributed by atoms with Crippen LogP contribution in [-0.2, 0) is 19.4 Å². The summed E-state index contributed by atoms with van der Waals surface area (Å²) in [6.45, 7) is 5.48. The van der Waals surface area contributed by atoms with E-state index in [4.69, 9.17) is 16.3 Å². The lowest BCUT2D eigenvalue weighted by molar-refractivity contribution is -0.137. The Morgan fingerprint density at radius 3 is 2.60 bits per heavy atom. The van der Waals surface area contributed by atoms with E-state index in [1.165, 1.54) is 18.2 Å². The van der Waals surface area contributed by atoms with Crippen molar-refractivity contribution in [1.29, 1.82) is 0 Å². The second kappa shape index (κ2) is 7.99. The molecular weight excluding hydrogens is 384 g/mol. The number of aryl methyl sites for hydroxylation is 1. The van der Waals surface area contributed by atoms with E-state index < -0.39 is 15.8 Å². The summed E-state index contributed by atoms with van der Waals surface area (Å²) in [4.78, 5) is 15.6. The Morgan fingerprint density at radius 2 is 2.00 bits per heavy atom. The molecule has 25 heavy (non-hydrogen) atoms. The van der Waals surface area contributed by atoms with Crippen molar-refractivity contribution in [3.63, 3.8) is 0 Å². The highest BCUT2D eigenvalue weighted by atomic mass is 35.5. The molecule has 134 valence electrons. The number of nitrogens with one attached hydrogen (secondary N) is 1. The number of nitrogens with zero attached hydrogens (tertiary/aromatic N) is 1. The first-order chi connectivity index (χ1) is 11.7. The summed E-state index contributed by atoms with van der Waals surface area (Å²) in [5.74, 6) is -0.498. The molecule has 1 N–H and O–H groups in total. The second-order valence-corrected chi connectivity index (χ2v) is 8.58. The van der Waals surface area contributed by atoms with Crippen LogP contribution in [0.1, 0.15) is 19.4 Å². The number of allylic oxidation sites excluding steroid dienone is 1. The molecule has 0 saturated carbocycles. The molecule has 0 amide bonds. The highest BCUT2D eigenvalue weighted by Gasteiger charge is 2.25. The van der Waals surface area contributed by atoms with Gasteiger partial charge in [-0.15, -0.1) is 0 Å². The van der Waals surface area contributed by atoms with Crippen LogP contribution >= 0.6 is 22.9 Å². The van der Waals surface area contributed by atoms with Crippen molar-refractivity contribution < 1.29 is 17.9 Å². The number of halogens is 1. The molecule has 1 aromatic carbocycles. The van der Waals surface area contributed by atoms with E-state index in [1.807, 2.05) is 6.92 Å². The summed E-state index contributed by atoms with van der Waals surface area (Å²) >= 11 is 7.05. The zero-order valence-electron chi connectivity index (χ0n) is 13.9. The van der Waals surface area contributed by atoms with Crippen LogP contribution in [0.15, 0.2) is 46.0 Å². The number of anilines is 1. The predicted molar refractivity (Wildman–Crippen MR) is 97.8 cm³/mol. The van der Waals surface area contributed by atoms with Crippen LogP contribution < -0.4 is 5.32 Å². The van der Waals surface area contributed by atoms with E-state index in [9.17, 15) is 13.2 Å². The highest BCUT2D eigenvalue weighted by molar-refractivity contribution is 7.91. The number of carbonyl (C=O) groups excluding carboxylic acids is 1. The van der Waals surface area contributed by atoms with Gasteiger partial charge in [-0.1, -0.05) is 40.6 Å². The molecule has 2 aromatic rings. The summed E-state index contributed by atoms with van der Waals surface area (Å²) < 4.78 is 30.2. The minimum Gasteiger partial charge on any atom is -0.463 e. The fraction of sp³-hybridized carbons (Fsp3) is 0.250. The first-order valence-electron chi connectivity index (χ1n) is 7.34. The summed E-state index contributed by atoms with van der Waals surface area (Å²) in [6.07, 6.45) is 1.26. The Bertz CT molecular complexity index is 903. The molecule has 0 aliphatic carbocycles. The number of rotatable bonds is 6. The standard InChI is InChI=1S/C16H17ClN2O4S2/c1-4-23-13(20)9-11(3)18-16-19-15(14(17)24-16)25(21,22)12-7-5-10(2)6-8-12/h5-9H,4H2,1-3H3,(H,18,19)/b11-9+. The van der Waals surface area contributed by atoms with Crippen molar-refractivity contribution >= 4 is 43.9 Å². The zero-order chi connectivity index (χ0) is 18.6. The maximum absolute atomic E-state index is 12.7. The van der Waals surface area contributed by atoms with Gasteiger partial charge in [-0.3, -0.25) is 0 Å². The van der Waals surface area contributed by atoms with Crippen LogP contribution in [0, 0.1) is 6.92 Å². The van der Waals surface area contributed by atoms with Crippen LogP contribution in [0.2, 0.25) is 4.34 Å². The normalized spacial score (nSPS) is 12.1. The molecule has 0 saturated heterocycles. The van der Waals surface area contributed by atoms with Crippen molar-refractivity contribution in [3.05, 3.63) is 45.9 Å². The summed E-state index contributed by atoms with van der Waals surface area (Å²) in [5.41, 5.74) is 1.41.